The van der Waals surface area contributed by atoms with Gasteiger partial charge in [0.05, 0.1) is 6.61 Å². The molecule has 0 aromatic rings. The third kappa shape index (κ3) is 7.85. The van der Waals surface area contributed by atoms with Gasteiger partial charge in [0.2, 0.25) is 0 Å². The second-order valence-corrected chi connectivity index (χ2v) is 4.82. The molecule has 134 valence electrons. The molecule has 0 spiro atoms. The molecule has 0 aromatic carbocycles. The Morgan fingerprint density at radius 1 is 1.22 bits per heavy atom. The molecule has 0 aliphatic heterocycles. The third-order valence-electron chi connectivity index (χ3n) is 2.92. The number of aliphatic imine (C=N–C) groups is 1. The minimum Gasteiger partial charge on any atom is -0.451 e. The van der Waals surface area contributed by atoms with Crippen LogP contribution < -0.4 is 17.2 Å². The van der Waals surface area contributed by atoms with Gasteiger partial charge in [-0.1, -0.05) is 0 Å². The first-order valence-electron chi connectivity index (χ1n) is 6.86. The van der Waals surface area contributed by atoms with Crippen LogP contribution in [0.15, 0.2) is 4.99 Å². The molecular weight excluding hydrogens is 312 g/mol. The number of nitrogens with zero attached hydrogens (tertiary/aromatic N) is 1. The van der Waals surface area contributed by atoms with Crippen molar-refractivity contribution in [3.63, 3.8) is 0 Å². The predicted molar refractivity (Wildman–Crippen MR) is 78.9 cm³/mol. The van der Waals surface area contributed by atoms with E-state index >= 15 is 0 Å². The van der Waals surface area contributed by atoms with Crippen LogP contribution in [0.25, 0.3) is 0 Å². The molecule has 10 N–H and O–H groups in total. The molecule has 11 heteroatoms. The van der Waals surface area contributed by atoms with Crippen LogP contribution in [-0.4, -0.2) is 82.3 Å². The number of esters is 1. The molecule has 0 bridgehead atoms. The molecule has 23 heavy (non-hydrogen) atoms. The van der Waals surface area contributed by atoms with Crippen molar-refractivity contribution in [3.8, 4) is 0 Å². The van der Waals surface area contributed by atoms with Crippen LogP contribution in [0, 0.1) is 0 Å². The van der Waals surface area contributed by atoms with Crippen molar-refractivity contribution in [2.75, 3.05) is 13.2 Å². The van der Waals surface area contributed by atoms with E-state index in [1.807, 2.05) is 0 Å². The van der Waals surface area contributed by atoms with Crippen molar-refractivity contribution in [1.29, 1.82) is 0 Å². The lowest BCUT2D eigenvalue weighted by Crippen LogP contribution is -2.49. The maximum absolute atomic E-state index is 11.7. The average molecular weight is 336 g/mol. The summed E-state index contributed by atoms with van der Waals surface area (Å²) in [5.41, 5.74) is 15.8. The van der Waals surface area contributed by atoms with Gasteiger partial charge in [-0.25, -0.2) is 0 Å². The number of ether oxygens (including phenoxy) is 1. The maximum atomic E-state index is 11.7. The summed E-state index contributed by atoms with van der Waals surface area (Å²) in [5.74, 6) is -1.07. The Kier molecular flexibility index (Phi) is 10.0. The predicted octanol–water partition coefficient (Wildman–Crippen LogP) is -4.45. The molecule has 0 aliphatic carbocycles. The van der Waals surface area contributed by atoms with Gasteiger partial charge in [-0.3, -0.25) is 14.6 Å². The Labute approximate surface area is 132 Å². The van der Waals surface area contributed by atoms with Gasteiger partial charge in [0, 0.05) is 6.54 Å². The Hall–Kier alpha value is -1.79. The molecule has 5 atom stereocenters. The van der Waals surface area contributed by atoms with Crippen LogP contribution in [0.1, 0.15) is 12.8 Å². The summed E-state index contributed by atoms with van der Waals surface area (Å²) >= 11 is 0. The third-order valence-corrected chi connectivity index (χ3v) is 2.92. The Balaban J connectivity index is 4.47. The average Bonchev–Trinajstić information content (AvgIpc) is 2.53. The smallest absolute Gasteiger partial charge is 0.323 e. The molecule has 0 aliphatic rings. The molecule has 0 amide bonds. The fourth-order valence-electron chi connectivity index (χ4n) is 1.57. The van der Waals surface area contributed by atoms with Crippen LogP contribution in [0.4, 0.5) is 0 Å². The lowest BCUT2D eigenvalue weighted by atomic mass is 10.0. The van der Waals surface area contributed by atoms with E-state index in [4.69, 9.17) is 27.0 Å². The molecule has 0 saturated carbocycles. The zero-order chi connectivity index (χ0) is 18.0. The molecular formula is C12H24N4O7. The first-order chi connectivity index (χ1) is 10.7. The van der Waals surface area contributed by atoms with E-state index < -0.39 is 43.0 Å². The highest BCUT2D eigenvalue weighted by Crippen LogP contribution is 2.09. The molecule has 0 unspecified atom stereocenters. The standard InChI is InChI=1S/C12H24N4O7/c13-6(2-1-3-16-12(14)15)11(22)23-8(5-18)10(21)9(20)7(19)4-17/h5-10,17,19-21H,1-4,13H2,(H4,14,15,16)/t6-,7+,8-,9+,10+/m0/s1. The van der Waals surface area contributed by atoms with Gasteiger partial charge in [-0.15, -0.1) is 0 Å². The summed E-state index contributed by atoms with van der Waals surface area (Å²) in [7, 11) is 0. The van der Waals surface area contributed by atoms with Crippen molar-refractivity contribution >= 4 is 18.2 Å². The van der Waals surface area contributed by atoms with Crippen LogP contribution in [-0.2, 0) is 14.3 Å². The number of rotatable bonds is 11. The summed E-state index contributed by atoms with van der Waals surface area (Å²) in [5, 5.41) is 37.0. The van der Waals surface area contributed by atoms with E-state index in [0.717, 1.165) is 0 Å². The van der Waals surface area contributed by atoms with Crippen molar-refractivity contribution in [3.05, 3.63) is 0 Å². The number of carbonyl (C=O) groups is 2. The Morgan fingerprint density at radius 2 is 1.83 bits per heavy atom. The van der Waals surface area contributed by atoms with Gasteiger partial charge in [0.25, 0.3) is 0 Å². The van der Waals surface area contributed by atoms with Gasteiger partial charge in [0.1, 0.15) is 24.4 Å². The van der Waals surface area contributed by atoms with Gasteiger partial charge in [-0.2, -0.15) is 0 Å². The molecule has 11 nitrogen and oxygen atoms in total. The Bertz CT molecular complexity index is 403. The first kappa shape index (κ1) is 21.2. The molecule has 0 radical (unpaired) electrons. The highest BCUT2D eigenvalue weighted by molar-refractivity contribution is 5.78. The van der Waals surface area contributed by atoms with Crippen molar-refractivity contribution in [2.24, 2.45) is 22.2 Å². The zero-order valence-corrected chi connectivity index (χ0v) is 12.5. The van der Waals surface area contributed by atoms with Gasteiger partial charge < -0.3 is 42.4 Å². The number of nitrogens with two attached hydrogens (primary N) is 3. The normalized spacial score (nSPS) is 17.4. The van der Waals surface area contributed by atoms with Gasteiger partial charge >= 0.3 is 5.97 Å². The second kappa shape index (κ2) is 10.9. The van der Waals surface area contributed by atoms with Crippen LogP contribution >= 0.6 is 0 Å². The molecule has 0 rings (SSSR count). The summed E-state index contributed by atoms with van der Waals surface area (Å²) < 4.78 is 4.70. The van der Waals surface area contributed by atoms with E-state index in [0.29, 0.717) is 6.42 Å². The number of guanidine groups is 1. The van der Waals surface area contributed by atoms with E-state index in [2.05, 4.69) is 4.99 Å². The number of aliphatic hydroxyl groups excluding tert-OH is 4. The Morgan fingerprint density at radius 3 is 2.30 bits per heavy atom. The van der Waals surface area contributed by atoms with E-state index in [-0.39, 0.29) is 25.2 Å². The number of carbonyl (C=O) groups excluding carboxylic acids is 2. The van der Waals surface area contributed by atoms with Crippen LogP contribution in [0.2, 0.25) is 0 Å². The summed E-state index contributed by atoms with van der Waals surface area (Å²) in [6, 6.07) is -1.08. The van der Waals surface area contributed by atoms with E-state index in [9.17, 15) is 24.9 Å². The maximum Gasteiger partial charge on any atom is 0.323 e. The largest absolute Gasteiger partial charge is 0.451 e. The molecule has 0 fully saturated rings. The van der Waals surface area contributed by atoms with Gasteiger partial charge in [0.15, 0.2) is 18.3 Å². The van der Waals surface area contributed by atoms with Crippen molar-refractivity contribution < 1.29 is 34.8 Å². The molecule has 0 aromatic heterocycles. The summed E-state index contributed by atoms with van der Waals surface area (Å²) in [4.78, 5) is 26.3. The quantitative estimate of drug-likeness (QED) is 0.0631. The number of aliphatic hydroxyl groups is 4. The minimum atomic E-state index is -1.91. The monoisotopic (exact) mass is 336 g/mol. The highest BCUT2D eigenvalue weighted by Gasteiger charge is 2.34. The fraction of sp³-hybridized carbons (Fsp3) is 0.750. The molecule has 0 heterocycles. The number of hydrogen-bond donors (Lipinski definition) is 7. The fourth-order valence-corrected chi connectivity index (χ4v) is 1.57. The molecule has 0 saturated heterocycles. The minimum absolute atomic E-state index is 0.0853. The highest BCUT2D eigenvalue weighted by atomic mass is 16.6. The number of aldehydes is 1. The van der Waals surface area contributed by atoms with Crippen molar-refractivity contribution in [2.45, 2.75) is 43.3 Å². The number of hydrogen-bond acceptors (Lipinski definition) is 9. The first-order valence-corrected chi connectivity index (χ1v) is 6.86. The van der Waals surface area contributed by atoms with Gasteiger partial charge in [-0.05, 0) is 12.8 Å². The SMILES string of the molecule is NC(N)=NCCC[C@H](N)C(=O)O[C@@H](C=O)[C@@H](O)[C@H](O)[C@H](O)CO. The van der Waals surface area contributed by atoms with E-state index in [1.54, 1.807) is 0 Å². The topological polar surface area (TPSA) is 215 Å². The lowest BCUT2D eigenvalue weighted by molar-refractivity contribution is -0.169. The van der Waals surface area contributed by atoms with Crippen LogP contribution in [0.3, 0.4) is 0 Å². The summed E-state index contributed by atoms with van der Waals surface area (Å²) in [6.07, 6.45) is -6.58. The summed E-state index contributed by atoms with van der Waals surface area (Å²) in [6.45, 7) is -0.591. The van der Waals surface area contributed by atoms with E-state index in [1.165, 1.54) is 0 Å². The zero-order valence-electron chi connectivity index (χ0n) is 12.5. The van der Waals surface area contributed by atoms with Crippen LogP contribution in [0.5, 0.6) is 0 Å². The second-order valence-electron chi connectivity index (χ2n) is 4.82. The lowest BCUT2D eigenvalue weighted by Gasteiger charge is -2.26. The van der Waals surface area contributed by atoms with Crippen molar-refractivity contribution in [1.82, 2.24) is 0 Å².